The van der Waals surface area contributed by atoms with Crippen molar-refractivity contribution in [3.63, 3.8) is 0 Å². The Morgan fingerprint density at radius 2 is 2.00 bits per heavy atom. The van der Waals surface area contributed by atoms with Gasteiger partial charge in [-0.2, -0.15) is 0 Å². The van der Waals surface area contributed by atoms with E-state index in [0.29, 0.717) is 12.2 Å². The van der Waals surface area contributed by atoms with Crippen molar-refractivity contribution in [1.29, 1.82) is 0 Å². The zero-order valence-corrected chi connectivity index (χ0v) is 11.8. The molecule has 0 aromatic carbocycles. The molecule has 1 aromatic rings. The van der Waals surface area contributed by atoms with Crippen LogP contribution in [-0.4, -0.2) is 10.8 Å². The Hall–Kier alpha value is -0.700. The Kier molecular flexibility index (Phi) is 3.67. The summed E-state index contributed by atoms with van der Waals surface area (Å²) in [5.41, 5.74) is 1.06. The zero-order chi connectivity index (χ0) is 12.5. The number of nitrogens with zero attached hydrogens (tertiary/aromatic N) is 1. The topological polar surface area (TPSA) is 30.0 Å². The van der Waals surface area contributed by atoms with E-state index in [4.69, 9.17) is 0 Å². The van der Waals surface area contributed by atoms with Crippen LogP contribution >= 0.6 is 11.3 Å². The second kappa shape index (κ2) is 4.89. The molecule has 2 nitrogen and oxygen atoms in total. The number of Topliss-reactive ketones (excluding diaryl/α,β-unsaturated/α-hetero) is 1. The quantitative estimate of drug-likeness (QED) is 0.813. The summed E-state index contributed by atoms with van der Waals surface area (Å²) in [7, 11) is 0. The molecule has 0 spiro atoms. The van der Waals surface area contributed by atoms with Crippen LogP contribution < -0.4 is 0 Å². The van der Waals surface area contributed by atoms with E-state index < -0.39 is 0 Å². The van der Waals surface area contributed by atoms with Gasteiger partial charge >= 0.3 is 0 Å². The number of thiazole rings is 1. The SMILES string of the molecule is CCC1(C(=O)Cc2nc(C)c(C)s2)CCCC1. The van der Waals surface area contributed by atoms with Gasteiger partial charge in [-0.1, -0.05) is 19.8 Å². The van der Waals surface area contributed by atoms with Crippen LogP contribution in [-0.2, 0) is 11.2 Å². The summed E-state index contributed by atoms with van der Waals surface area (Å²) in [5.74, 6) is 0.422. The van der Waals surface area contributed by atoms with Gasteiger partial charge in [0.2, 0.25) is 0 Å². The lowest BCUT2D eigenvalue weighted by atomic mass is 9.78. The average Bonchev–Trinajstić information content (AvgIpc) is 2.88. The van der Waals surface area contributed by atoms with Crippen molar-refractivity contribution in [2.24, 2.45) is 5.41 Å². The van der Waals surface area contributed by atoms with E-state index in [2.05, 4.69) is 18.8 Å². The highest BCUT2D eigenvalue weighted by atomic mass is 32.1. The van der Waals surface area contributed by atoms with Gasteiger partial charge in [-0.05, 0) is 33.1 Å². The van der Waals surface area contributed by atoms with Crippen LogP contribution in [0.2, 0.25) is 0 Å². The van der Waals surface area contributed by atoms with Crippen LogP contribution in [0.15, 0.2) is 0 Å². The number of aromatic nitrogens is 1. The molecule has 0 bridgehead atoms. The predicted octanol–water partition coefficient (Wildman–Crippen LogP) is 3.84. The van der Waals surface area contributed by atoms with Crippen molar-refractivity contribution in [3.8, 4) is 0 Å². The van der Waals surface area contributed by atoms with Gasteiger partial charge in [-0.3, -0.25) is 4.79 Å². The van der Waals surface area contributed by atoms with Crippen molar-refractivity contribution in [2.75, 3.05) is 0 Å². The minimum atomic E-state index is -0.0204. The summed E-state index contributed by atoms with van der Waals surface area (Å²) in [4.78, 5) is 18.2. The minimum Gasteiger partial charge on any atom is -0.299 e. The molecule has 2 rings (SSSR count). The number of carbonyl (C=O) groups excluding carboxylic acids is 1. The molecule has 0 atom stereocenters. The Morgan fingerprint density at radius 3 is 2.47 bits per heavy atom. The van der Waals surface area contributed by atoms with Crippen LogP contribution in [0, 0.1) is 19.3 Å². The summed E-state index contributed by atoms with van der Waals surface area (Å²) < 4.78 is 0. The Morgan fingerprint density at radius 1 is 1.35 bits per heavy atom. The molecule has 1 aromatic heterocycles. The third-order valence-corrected chi connectivity index (χ3v) is 5.29. The fraction of sp³-hybridized carbons (Fsp3) is 0.714. The molecule has 0 aliphatic heterocycles. The van der Waals surface area contributed by atoms with Crippen LogP contribution in [0.4, 0.5) is 0 Å². The van der Waals surface area contributed by atoms with E-state index in [1.807, 2.05) is 6.92 Å². The molecule has 17 heavy (non-hydrogen) atoms. The molecule has 1 saturated carbocycles. The van der Waals surface area contributed by atoms with Gasteiger partial charge in [0, 0.05) is 10.3 Å². The first-order valence-corrected chi connectivity index (χ1v) is 7.35. The summed E-state index contributed by atoms with van der Waals surface area (Å²) in [6.45, 7) is 6.25. The molecule has 0 unspecified atom stereocenters. The van der Waals surface area contributed by atoms with Crippen LogP contribution in [0.3, 0.4) is 0 Å². The van der Waals surface area contributed by atoms with Gasteiger partial charge in [-0.25, -0.2) is 4.98 Å². The lowest BCUT2D eigenvalue weighted by Gasteiger charge is -2.25. The molecule has 94 valence electrons. The van der Waals surface area contributed by atoms with Crippen molar-refractivity contribution in [3.05, 3.63) is 15.6 Å². The van der Waals surface area contributed by atoms with E-state index in [-0.39, 0.29) is 5.41 Å². The maximum atomic E-state index is 12.5. The summed E-state index contributed by atoms with van der Waals surface area (Å²) in [6, 6.07) is 0. The molecule has 1 aliphatic rings. The molecule has 1 fully saturated rings. The largest absolute Gasteiger partial charge is 0.299 e. The predicted molar refractivity (Wildman–Crippen MR) is 71.5 cm³/mol. The zero-order valence-electron chi connectivity index (χ0n) is 11.0. The van der Waals surface area contributed by atoms with Gasteiger partial charge in [0.25, 0.3) is 0 Å². The maximum absolute atomic E-state index is 12.5. The molecular formula is C14H21NOS. The molecule has 3 heteroatoms. The molecule has 0 saturated heterocycles. The Labute approximate surface area is 107 Å². The van der Waals surface area contributed by atoms with Crippen LogP contribution in [0.25, 0.3) is 0 Å². The highest BCUT2D eigenvalue weighted by molar-refractivity contribution is 7.11. The fourth-order valence-corrected chi connectivity index (χ4v) is 3.75. The van der Waals surface area contributed by atoms with Crippen molar-refractivity contribution >= 4 is 17.1 Å². The Bertz CT molecular complexity index is 396. The third kappa shape index (κ3) is 2.44. The van der Waals surface area contributed by atoms with E-state index >= 15 is 0 Å². The number of hydrogen-bond donors (Lipinski definition) is 0. The maximum Gasteiger partial charge on any atom is 0.145 e. The third-order valence-electron chi connectivity index (χ3n) is 4.21. The Balaban J connectivity index is 2.10. The van der Waals surface area contributed by atoms with Gasteiger partial charge in [0.1, 0.15) is 10.8 Å². The fourth-order valence-electron chi connectivity index (χ4n) is 2.82. The van der Waals surface area contributed by atoms with Gasteiger partial charge in [-0.15, -0.1) is 11.3 Å². The monoisotopic (exact) mass is 251 g/mol. The minimum absolute atomic E-state index is 0.0204. The molecule has 1 heterocycles. The molecule has 1 aliphatic carbocycles. The highest BCUT2D eigenvalue weighted by Crippen LogP contribution is 2.42. The average molecular weight is 251 g/mol. The molecule has 0 amide bonds. The molecular weight excluding hydrogens is 230 g/mol. The number of ketones is 1. The normalized spacial score (nSPS) is 18.5. The first-order chi connectivity index (χ1) is 8.07. The van der Waals surface area contributed by atoms with Crippen LogP contribution in [0.1, 0.15) is 54.6 Å². The van der Waals surface area contributed by atoms with E-state index in [1.54, 1.807) is 11.3 Å². The first-order valence-electron chi connectivity index (χ1n) is 6.53. The van der Waals surface area contributed by atoms with E-state index in [9.17, 15) is 4.79 Å². The second-order valence-electron chi connectivity index (χ2n) is 5.19. The number of aryl methyl sites for hydroxylation is 2. The van der Waals surface area contributed by atoms with E-state index in [0.717, 1.165) is 30.0 Å². The van der Waals surface area contributed by atoms with Crippen molar-refractivity contribution in [1.82, 2.24) is 4.98 Å². The second-order valence-corrected chi connectivity index (χ2v) is 6.48. The van der Waals surface area contributed by atoms with Gasteiger partial charge in [0.05, 0.1) is 12.1 Å². The summed E-state index contributed by atoms with van der Waals surface area (Å²) >= 11 is 1.68. The smallest absolute Gasteiger partial charge is 0.145 e. The molecule has 0 radical (unpaired) electrons. The lowest BCUT2D eigenvalue weighted by Crippen LogP contribution is -2.28. The highest BCUT2D eigenvalue weighted by Gasteiger charge is 2.38. The van der Waals surface area contributed by atoms with Crippen molar-refractivity contribution < 1.29 is 4.79 Å². The standard InChI is InChI=1S/C14H21NOS/c1-4-14(7-5-6-8-14)12(16)9-13-15-10(2)11(3)17-13/h4-9H2,1-3H3. The molecule has 0 N–H and O–H groups in total. The number of hydrogen-bond acceptors (Lipinski definition) is 3. The number of carbonyl (C=O) groups is 1. The van der Waals surface area contributed by atoms with Crippen LogP contribution in [0.5, 0.6) is 0 Å². The van der Waals surface area contributed by atoms with E-state index in [1.165, 1.54) is 17.7 Å². The summed E-state index contributed by atoms with van der Waals surface area (Å²) in [5, 5.41) is 1.00. The van der Waals surface area contributed by atoms with Gasteiger partial charge < -0.3 is 0 Å². The first kappa shape index (κ1) is 12.7. The van der Waals surface area contributed by atoms with Gasteiger partial charge in [0.15, 0.2) is 0 Å². The summed E-state index contributed by atoms with van der Waals surface area (Å²) in [6.07, 6.45) is 6.16. The van der Waals surface area contributed by atoms with Crippen molar-refractivity contribution in [2.45, 2.75) is 59.3 Å². The number of rotatable bonds is 4. The lowest BCUT2D eigenvalue weighted by molar-refractivity contribution is -0.128.